The molecule has 3 aromatic carbocycles. The van der Waals surface area contributed by atoms with Crippen LogP contribution in [0.4, 0.5) is 0 Å². The van der Waals surface area contributed by atoms with E-state index in [1.54, 1.807) is 0 Å². The lowest BCUT2D eigenvalue weighted by Crippen LogP contribution is -2.34. The number of benzene rings is 3. The molecule has 0 fully saturated rings. The van der Waals surface area contributed by atoms with Crippen LogP contribution >= 0.6 is 0 Å². The number of rotatable bonds is 0. The van der Waals surface area contributed by atoms with Crippen LogP contribution in [0.15, 0.2) is 36.4 Å². The summed E-state index contributed by atoms with van der Waals surface area (Å²) in [5, 5.41) is 11.5. The summed E-state index contributed by atoms with van der Waals surface area (Å²) in [4.78, 5) is 4.78. The summed E-state index contributed by atoms with van der Waals surface area (Å²) in [7, 11) is 2.03. The van der Waals surface area contributed by atoms with Crippen LogP contribution in [0, 0.1) is 32.1 Å². The maximum atomic E-state index is 9.22. The van der Waals surface area contributed by atoms with Crippen molar-refractivity contribution in [3.63, 3.8) is 0 Å². The van der Waals surface area contributed by atoms with E-state index in [1.807, 2.05) is 25.2 Å². The SMILES string of the molecule is Cc1cc2c3c(c(C)c(C)cc3c1)-c1c(nc3cc(C#N)ccc3[n+]1C)O2. The van der Waals surface area contributed by atoms with Gasteiger partial charge >= 0.3 is 0 Å². The molecular weight excluding hydrogens is 334 g/mol. The average Bonchev–Trinajstić information content (AvgIpc) is 2.64. The summed E-state index contributed by atoms with van der Waals surface area (Å²) in [5.74, 6) is 1.44. The Kier molecular flexibility index (Phi) is 3.08. The zero-order valence-corrected chi connectivity index (χ0v) is 15.7. The first-order valence-electron chi connectivity index (χ1n) is 8.94. The first-order valence-corrected chi connectivity index (χ1v) is 8.94. The second-order valence-electron chi connectivity index (χ2n) is 7.30. The summed E-state index contributed by atoms with van der Waals surface area (Å²) in [5.41, 5.74) is 8.14. The second kappa shape index (κ2) is 5.28. The molecule has 2 heterocycles. The van der Waals surface area contributed by atoms with E-state index in [9.17, 15) is 5.26 Å². The molecular formula is C23H18N3O+. The van der Waals surface area contributed by atoms with Gasteiger partial charge in [0.1, 0.15) is 18.3 Å². The highest BCUT2D eigenvalue weighted by atomic mass is 16.5. The number of ether oxygens (including phenoxy) is 1. The highest BCUT2D eigenvalue weighted by Crippen LogP contribution is 2.47. The Morgan fingerprint density at radius 3 is 2.67 bits per heavy atom. The molecule has 5 rings (SSSR count). The van der Waals surface area contributed by atoms with E-state index in [0.29, 0.717) is 11.4 Å². The smallest absolute Gasteiger partial charge is 0.294 e. The largest absolute Gasteiger partial charge is 0.433 e. The number of nitriles is 1. The highest BCUT2D eigenvalue weighted by Gasteiger charge is 2.32. The molecule has 0 saturated carbocycles. The normalized spacial score (nSPS) is 12.0. The monoisotopic (exact) mass is 352 g/mol. The van der Waals surface area contributed by atoms with Crippen LogP contribution in [0.3, 0.4) is 0 Å². The van der Waals surface area contributed by atoms with Gasteiger partial charge in [0.25, 0.3) is 11.6 Å². The van der Waals surface area contributed by atoms with Gasteiger partial charge in [0, 0.05) is 11.5 Å². The summed E-state index contributed by atoms with van der Waals surface area (Å²) in [6.07, 6.45) is 0. The standard InChI is InChI=1S/C23H18N3O/c1-12-7-16-9-13(2)14(3)20-21(16)19(8-12)27-23-22(20)26(4)18-6-5-15(11-24)10-17(18)25-23/h5-10H,1-4H3/q+1. The Hall–Kier alpha value is -3.45. The van der Waals surface area contributed by atoms with Crippen molar-refractivity contribution in [2.45, 2.75) is 20.8 Å². The molecule has 130 valence electrons. The third-order valence-corrected chi connectivity index (χ3v) is 5.53. The Bertz CT molecular complexity index is 1350. The van der Waals surface area contributed by atoms with Crippen molar-refractivity contribution in [3.8, 4) is 29.0 Å². The lowest BCUT2D eigenvalue weighted by Gasteiger charge is -2.22. The predicted octanol–water partition coefficient (Wildman–Crippen LogP) is 4.78. The number of fused-ring (bicyclic) bond motifs is 3. The molecule has 1 aliphatic rings. The van der Waals surface area contributed by atoms with E-state index in [4.69, 9.17) is 9.72 Å². The van der Waals surface area contributed by atoms with Crippen LogP contribution in [0.25, 0.3) is 33.1 Å². The molecule has 0 saturated heterocycles. The predicted molar refractivity (Wildman–Crippen MR) is 105 cm³/mol. The molecule has 27 heavy (non-hydrogen) atoms. The molecule has 4 nitrogen and oxygen atoms in total. The number of hydrogen-bond acceptors (Lipinski definition) is 3. The molecule has 4 heteroatoms. The third-order valence-electron chi connectivity index (χ3n) is 5.53. The van der Waals surface area contributed by atoms with Gasteiger partial charge in [0.2, 0.25) is 5.52 Å². The minimum Gasteiger partial charge on any atom is -0.433 e. The van der Waals surface area contributed by atoms with Crippen molar-refractivity contribution in [1.29, 1.82) is 5.26 Å². The van der Waals surface area contributed by atoms with Crippen molar-refractivity contribution in [3.05, 3.63) is 58.7 Å². The zero-order chi connectivity index (χ0) is 18.9. The molecule has 0 atom stereocenters. The summed E-state index contributed by atoms with van der Waals surface area (Å²) >= 11 is 0. The van der Waals surface area contributed by atoms with Gasteiger partial charge in [0.15, 0.2) is 0 Å². The molecule has 4 aromatic rings. The highest BCUT2D eigenvalue weighted by molar-refractivity contribution is 6.05. The van der Waals surface area contributed by atoms with Crippen molar-refractivity contribution in [2.75, 3.05) is 0 Å². The van der Waals surface area contributed by atoms with Gasteiger partial charge in [-0.25, -0.2) is 4.98 Å². The molecule has 0 N–H and O–H groups in total. The molecule has 0 amide bonds. The topological polar surface area (TPSA) is 49.8 Å². The van der Waals surface area contributed by atoms with Gasteiger partial charge < -0.3 is 4.74 Å². The fourth-order valence-electron chi connectivity index (χ4n) is 4.11. The molecule has 0 spiro atoms. The lowest BCUT2D eigenvalue weighted by molar-refractivity contribution is -0.634. The van der Waals surface area contributed by atoms with Crippen molar-refractivity contribution in [2.24, 2.45) is 7.05 Å². The summed E-state index contributed by atoms with van der Waals surface area (Å²) in [6.45, 7) is 6.39. The maximum Gasteiger partial charge on any atom is 0.294 e. The van der Waals surface area contributed by atoms with Gasteiger partial charge in [-0.15, -0.1) is 0 Å². The van der Waals surface area contributed by atoms with Crippen LogP contribution in [0.1, 0.15) is 22.3 Å². The number of aryl methyl sites for hydroxylation is 3. The average molecular weight is 352 g/mol. The third kappa shape index (κ3) is 2.09. The van der Waals surface area contributed by atoms with Crippen molar-refractivity contribution < 1.29 is 9.30 Å². The van der Waals surface area contributed by atoms with Gasteiger partial charge in [-0.3, -0.25) is 0 Å². The van der Waals surface area contributed by atoms with Crippen molar-refractivity contribution >= 4 is 21.8 Å². The minimum absolute atomic E-state index is 0.591. The Labute approximate surface area is 157 Å². The van der Waals surface area contributed by atoms with Gasteiger partial charge in [-0.1, -0.05) is 12.1 Å². The number of hydrogen-bond donors (Lipinski definition) is 0. The van der Waals surface area contributed by atoms with E-state index in [1.165, 1.54) is 22.1 Å². The fraction of sp³-hybridized carbons (Fsp3) is 0.174. The minimum atomic E-state index is 0.591. The van der Waals surface area contributed by atoms with Gasteiger partial charge in [-0.05, 0) is 61.0 Å². The molecule has 1 aromatic heterocycles. The van der Waals surface area contributed by atoms with E-state index in [0.717, 1.165) is 33.4 Å². The molecule has 0 radical (unpaired) electrons. The van der Waals surface area contributed by atoms with Crippen LogP contribution in [-0.4, -0.2) is 4.98 Å². The maximum absolute atomic E-state index is 9.22. The van der Waals surface area contributed by atoms with Crippen LogP contribution < -0.4 is 9.30 Å². The lowest BCUT2D eigenvalue weighted by atomic mass is 9.90. The first-order chi connectivity index (χ1) is 13.0. The van der Waals surface area contributed by atoms with Crippen LogP contribution in [-0.2, 0) is 7.05 Å². The van der Waals surface area contributed by atoms with Crippen LogP contribution in [0.5, 0.6) is 11.6 Å². The Morgan fingerprint density at radius 2 is 1.89 bits per heavy atom. The van der Waals surface area contributed by atoms with E-state index >= 15 is 0 Å². The molecule has 0 bridgehead atoms. The summed E-state index contributed by atoms with van der Waals surface area (Å²) in [6, 6.07) is 14.3. The second-order valence-corrected chi connectivity index (χ2v) is 7.30. The molecule has 0 aliphatic carbocycles. The fourth-order valence-corrected chi connectivity index (χ4v) is 4.11. The quantitative estimate of drug-likeness (QED) is 0.377. The van der Waals surface area contributed by atoms with E-state index < -0.39 is 0 Å². The molecule has 0 unspecified atom stereocenters. The van der Waals surface area contributed by atoms with Crippen LogP contribution in [0.2, 0.25) is 0 Å². The zero-order valence-electron chi connectivity index (χ0n) is 15.7. The Balaban J connectivity index is 1.98. The van der Waals surface area contributed by atoms with E-state index in [2.05, 4.69) is 49.6 Å². The van der Waals surface area contributed by atoms with Gasteiger partial charge in [-0.2, -0.15) is 9.83 Å². The number of aromatic nitrogens is 2. The first kappa shape index (κ1) is 15.8. The Morgan fingerprint density at radius 1 is 1.07 bits per heavy atom. The molecule has 1 aliphatic heterocycles. The van der Waals surface area contributed by atoms with Gasteiger partial charge in [0.05, 0.1) is 17.2 Å². The number of nitrogens with zero attached hydrogens (tertiary/aromatic N) is 3. The van der Waals surface area contributed by atoms with E-state index in [-0.39, 0.29) is 0 Å². The van der Waals surface area contributed by atoms with Crippen molar-refractivity contribution in [1.82, 2.24) is 4.98 Å². The summed E-state index contributed by atoms with van der Waals surface area (Å²) < 4.78 is 8.40.